The maximum Gasteiger partial charge on any atom is 0.227 e. The van der Waals surface area contributed by atoms with Crippen molar-refractivity contribution in [1.29, 1.82) is 0 Å². The van der Waals surface area contributed by atoms with E-state index in [0.29, 0.717) is 18.9 Å². The first-order valence-corrected chi connectivity index (χ1v) is 11.3. The van der Waals surface area contributed by atoms with Gasteiger partial charge in [-0.2, -0.15) is 0 Å². The Kier molecular flexibility index (Phi) is 9.91. The maximum absolute atomic E-state index is 11.8. The Morgan fingerprint density at radius 1 is 1.22 bits per heavy atom. The Morgan fingerprint density at radius 3 is 2.72 bits per heavy atom. The van der Waals surface area contributed by atoms with E-state index in [1.807, 2.05) is 50.3 Å². The summed E-state index contributed by atoms with van der Waals surface area (Å²) in [4.78, 5) is 16.6. The van der Waals surface area contributed by atoms with Crippen molar-refractivity contribution in [3.8, 4) is 5.75 Å². The van der Waals surface area contributed by atoms with Crippen LogP contribution in [0.15, 0.2) is 30.5 Å². The number of carbonyl (C=O) groups is 1. The van der Waals surface area contributed by atoms with Gasteiger partial charge in [-0.05, 0) is 45.2 Å². The molecule has 0 radical (unpaired) electrons. The quantitative estimate of drug-likeness (QED) is 0.343. The lowest BCUT2D eigenvalue weighted by Gasteiger charge is -2.09. The average molecular weight is 444 g/mol. The van der Waals surface area contributed by atoms with Crippen LogP contribution in [0.3, 0.4) is 0 Å². The van der Waals surface area contributed by atoms with Gasteiger partial charge < -0.3 is 14.8 Å². The number of amides is 1. The molecule has 0 unspecified atom stereocenters. The molecule has 0 fully saturated rings. The highest BCUT2D eigenvalue weighted by molar-refractivity contribution is 5.80. The Labute approximate surface area is 191 Å². The summed E-state index contributed by atoms with van der Waals surface area (Å²) in [5.41, 5.74) is 3.55. The van der Waals surface area contributed by atoms with Crippen LogP contribution in [0, 0.1) is 6.92 Å². The second-order valence-electron chi connectivity index (χ2n) is 7.13. The molecule has 0 atom stereocenters. The van der Waals surface area contributed by atoms with Crippen LogP contribution in [-0.4, -0.2) is 45.8 Å². The van der Waals surface area contributed by atoms with E-state index >= 15 is 0 Å². The molecule has 1 aromatic carbocycles. The van der Waals surface area contributed by atoms with E-state index in [9.17, 15) is 4.79 Å². The van der Waals surface area contributed by atoms with Crippen LogP contribution in [0.25, 0.3) is 16.7 Å². The average Bonchev–Trinajstić information content (AvgIpc) is 3.19. The van der Waals surface area contributed by atoms with E-state index in [1.54, 1.807) is 7.11 Å². The van der Waals surface area contributed by atoms with Crippen LogP contribution in [0.2, 0.25) is 0 Å². The molecule has 3 aromatic rings. The molecule has 8 heteroatoms. The van der Waals surface area contributed by atoms with E-state index in [1.165, 1.54) is 0 Å². The molecule has 0 bridgehead atoms. The highest BCUT2D eigenvalue weighted by atomic mass is 16.5. The molecule has 0 aliphatic rings. The second-order valence-corrected chi connectivity index (χ2v) is 7.13. The van der Waals surface area contributed by atoms with Gasteiger partial charge in [-0.15, -0.1) is 10.2 Å². The molecule has 0 saturated carbocycles. The summed E-state index contributed by atoms with van der Waals surface area (Å²) in [6.45, 7) is 12.7. The van der Waals surface area contributed by atoms with Gasteiger partial charge in [-0.1, -0.05) is 26.8 Å². The summed E-state index contributed by atoms with van der Waals surface area (Å²) < 4.78 is 12.6. The van der Waals surface area contributed by atoms with Gasteiger partial charge in [0.25, 0.3) is 0 Å². The molecule has 2 heterocycles. The molecule has 176 valence electrons. The van der Waals surface area contributed by atoms with Crippen molar-refractivity contribution in [2.45, 2.75) is 59.8 Å². The lowest BCUT2D eigenvalue weighted by atomic mass is 10.1. The monoisotopic (exact) mass is 443 g/mol. The Morgan fingerprint density at radius 2 is 2.00 bits per heavy atom. The molecular formula is C24H37N5O3. The number of aromatic nitrogens is 4. The summed E-state index contributed by atoms with van der Waals surface area (Å²) in [6.07, 6.45) is 3.83. The zero-order valence-electron chi connectivity index (χ0n) is 19.9. The Balaban J connectivity index is 0.00000177. The van der Waals surface area contributed by atoms with Crippen molar-refractivity contribution in [3.63, 3.8) is 0 Å². The fourth-order valence-electron chi connectivity index (χ4n) is 3.43. The molecule has 8 nitrogen and oxygen atoms in total. The lowest BCUT2D eigenvalue weighted by Crippen LogP contribution is -2.24. The number of hydrogen-bond donors (Lipinski definition) is 1. The SMILES string of the molecule is C=C(CC(=O)NCCCCCc1nc2cc(OC)ccc2n2c(C)nnc12)OCC.CC.[HH]. The minimum Gasteiger partial charge on any atom is -0.498 e. The molecule has 0 aliphatic carbocycles. The normalized spacial score (nSPS) is 10.5. The van der Waals surface area contributed by atoms with Crippen LogP contribution in [0.1, 0.15) is 59.4 Å². The number of nitrogens with zero attached hydrogens (tertiary/aromatic N) is 4. The number of nitrogens with one attached hydrogen (secondary N) is 1. The molecule has 32 heavy (non-hydrogen) atoms. The number of fused-ring (bicyclic) bond motifs is 3. The van der Waals surface area contributed by atoms with Gasteiger partial charge >= 0.3 is 0 Å². The number of hydrogen-bond acceptors (Lipinski definition) is 6. The highest BCUT2D eigenvalue weighted by Crippen LogP contribution is 2.23. The van der Waals surface area contributed by atoms with Crippen molar-refractivity contribution in [2.75, 3.05) is 20.3 Å². The van der Waals surface area contributed by atoms with Gasteiger partial charge in [0.1, 0.15) is 11.6 Å². The predicted molar refractivity (Wildman–Crippen MR) is 129 cm³/mol. The van der Waals surface area contributed by atoms with Gasteiger partial charge in [-0.3, -0.25) is 9.20 Å². The third-order valence-corrected chi connectivity index (χ3v) is 4.88. The fraction of sp³-hybridized carbons (Fsp3) is 0.500. The van der Waals surface area contributed by atoms with Crippen LogP contribution in [0.5, 0.6) is 5.75 Å². The summed E-state index contributed by atoms with van der Waals surface area (Å²) in [5, 5.41) is 11.5. The van der Waals surface area contributed by atoms with Gasteiger partial charge in [-0.25, -0.2) is 4.98 Å². The van der Waals surface area contributed by atoms with Crippen LogP contribution >= 0.6 is 0 Å². The summed E-state index contributed by atoms with van der Waals surface area (Å²) in [5.74, 6) is 2.05. The number of aryl methyl sites for hydroxylation is 2. The first-order valence-electron chi connectivity index (χ1n) is 11.3. The first-order chi connectivity index (χ1) is 15.5. The van der Waals surface area contributed by atoms with Crippen molar-refractivity contribution in [3.05, 3.63) is 42.1 Å². The van der Waals surface area contributed by atoms with Crippen LogP contribution < -0.4 is 10.1 Å². The Hall–Kier alpha value is -3.16. The van der Waals surface area contributed by atoms with Crippen molar-refractivity contribution >= 4 is 22.6 Å². The third-order valence-electron chi connectivity index (χ3n) is 4.88. The van der Waals surface area contributed by atoms with E-state index in [4.69, 9.17) is 14.5 Å². The van der Waals surface area contributed by atoms with Crippen LogP contribution in [0.4, 0.5) is 0 Å². The van der Waals surface area contributed by atoms with E-state index in [-0.39, 0.29) is 13.8 Å². The van der Waals surface area contributed by atoms with Gasteiger partial charge in [0.05, 0.1) is 42.6 Å². The molecule has 3 rings (SSSR count). The van der Waals surface area contributed by atoms with Crippen molar-refractivity contribution in [2.24, 2.45) is 0 Å². The predicted octanol–water partition coefficient (Wildman–Crippen LogP) is 4.64. The molecular weight excluding hydrogens is 406 g/mol. The summed E-state index contributed by atoms with van der Waals surface area (Å²) in [7, 11) is 1.65. The molecule has 2 aromatic heterocycles. The number of rotatable bonds is 11. The standard InChI is InChI=1S/C22H29N5O3.C2H6.H2/c1-5-30-15(2)13-21(28)23-12-8-6-7-9-18-22-26-25-16(3)27(22)20-11-10-17(29-4)14-19(20)24-18;1-2;/h10-11,14H,2,5-9,12-13H2,1,3-4H3,(H,23,28);1-2H3;1H. The van der Waals surface area contributed by atoms with Gasteiger partial charge in [0, 0.05) is 14.0 Å². The molecule has 1 N–H and O–H groups in total. The number of methoxy groups -OCH3 is 1. The van der Waals surface area contributed by atoms with Crippen molar-refractivity contribution in [1.82, 2.24) is 24.9 Å². The van der Waals surface area contributed by atoms with Crippen molar-refractivity contribution < 1.29 is 15.7 Å². The maximum atomic E-state index is 11.8. The minimum atomic E-state index is -0.0563. The largest absolute Gasteiger partial charge is 0.498 e. The Bertz CT molecular complexity index is 1050. The lowest BCUT2D eigenvalue weighted by molar-refractivity contribution is -0.121. The highest BCUT2D eigenvalue weighted by Gasteiger charge is 2.13. The second kappa shape index (κ2) is 12.6. The number of benzene rings is 1. The smallest absolute Gasteiger partial charge is 0.227 e. The van der Waals surface area contributed by atoms with E-state index < -0.39 is 0 Å². The van der Waals surface area contributed by atoms with Gasteiger partial charge in [0.2, 0.25) is 5.91 Å². The number of carbonyl (C=O) groups excluding carboxylic acids is 1. The fourth-order valence-corrected chi connectivity index (χ4v) is 3.43. The zero-order valence-corrected chi connectivity index (χ0v) is 19.9. The van der Waals surface area contributed by atoms with E-state index in [0.717, 1.165) is 59.6 Å². The molecule has 0 saturated heterocycles. The van der Waals surface area contributed by atoms with Crippen LogP contribution in [-0.2, 0) is 16.0 Å². The van der Waals surface area contributed by atoms with E-state index in [2.05, 4.69) is 22.1 Å². The zero-order chi connectivity index (χ0) is 23.5. The van der Waals surface area contributed by atoms with Gasteiger partial charge in [0.15, 0.2) is 5.65 Å². The number of unbranched alkanes of at least 4 members (excludes halogenated alkanes) is 2. The summed E-state index contributed by atoms with van der Waals surface area (Å²) >= 11 is 0. The topological polar surface area (TPSA) is 90.6 Å². The molecule has 0 aliphatic heterocycles. The minimum absolute atomic E-state index is 0. The molecule has 1 amide bonds. The first kappa shape index (κ1) is 25.1. The summed E-state index contributed by atoms with van der Waals surface area (Å²) in [6, 6.07) is 5.83. The third kappa shape index (κ3) is 6.42. The number of ether oxygens (including phenoxy) is 2. The molecule has 0 spiro atoms.